The topological polar surface area (TPSA) is 59.0 Å². The van der Waals surface area contributed by atoms with Crippen LogP contribution in [0.1, 0.15) is 5.56 Å². The summed E-state index contributed by atoms with van der Waals surface area (Å²) >= 11 is 0. The van der Waals surface area contributed by atoms with Crippen LogP contribution in [-0.4, -0.2) is 35.2 Å². The van der Waals surface area contributed by atoms with Crippen molar-refractivity contribution in [1.82, 2.24) is 20.2 Å². The number of rotatable bonds is 5. The minimum Gasteiger partial charge on any atom is -0.345 e. The zero-order valence-corrected chi connectivity index (χ0v) is 11.4. The van der Waals surface area contributed by atoms with Gasteiger partial charge in [-0.2, -0.15) is 13.2 Å². The highest BCUT2D eigenvalue weighted by molar-refractivity contribution is 5.83. The highest BCUT2D eigenvalue weighted by Crippen LogP contribution is 2.19. The maximum absolute atomic E-state index is 12.1. The van der Waals surface area contributed by atoms with Crippen molar-refractivity contribution < 1.29 is 18.0 Å². The number of carbonyl (C=O) groups excluding carboxylic acids is 1. The monoisotopic (exact) mass is 300 g/mol. The molecule has 114 valence electrons. The minimum absolute atomic E-state index is 0.201. The molecule has 0 atom stereocenters. The molecule has 0 aliphatic heterocycles. The summed E-state index contributed by atoms with van der Waals surface area (Å²) in [6, 6.07) is 3.63. The van der Waals surface area contributed by atoms with Gasteiger partial charge in [0.2, 0.25) is 5.91 Å². The average Bonchev–Trinajstić information content (AvgIpc) is 2.75. The van der Waals surface area contributed by atoms with Crippen molar-refractivity contribution in [3.63, 3.8) is 0 Å². The van der Waals surface area contributed by atoms with E-state index in [0.717, 1.165) is 10.9 Å². The lowest BCUT2D eigenvalue weighted by molar-refractivity contribution is -0.138. The van der Waals surface area contributed by atoms with Gasteiger partial charge in [0.05, 0.1) is 0 Å². The van der Waals surface area contributed by atoms with Gasteiger partial charge < -0.3 is 15.2 Å². The number of alkyl halides is 3. The maximum atomic E-state index is 12.1. The summed E-state index contributed by atoms with van der Waals surface area (Å²) in [6.45, 7) is -0.950. The van der Waals surface area contributed by atoms with Crippen LogP contribution in [0.2, 0.25) is 0 Å². The fraction of sp³-hybridized carbons (Fsp3) is 0.385. The van der Waals surface area contributed by atoms with Gasteiger partial charge in [-0.15, -0.1) is 0 Å². The number of halogens is 3. The molecule has 0 bridgehead atoms. The van der Waals surface area contributed by atoms with Gasteiger partial charge in [0.15, 0.2) is 0 Å². The van der Waals surface area contributed by atoms with Gasteiger partial charge in [0.25, 0.3) is 0 Å². The Morgan fingerprint density at radius 3 is 2.86 bits per heavy atom. The van der Waals surface area contributed by atoms with Crippen molar-refractivity contribution in [3.8, 4) is 0 Å². The fourth-order valence-corrected chi connectivity index (χ4v) is 2.06. The Balaban J connectivity index is 2.16. The van der Waals surface area contributed by atoms with Crippen molar-refractivity contribution in [2.75, 3.05) is 13.6 Å². The third-order valence-electron chi connectivity index (χ3n) is 2.88. The Morgan fingerprint density at radius 1 is 1.43 bits per heavy atom. The average molecular weight is 300 g/mol. The molecule has 0 aliphatic rings. The predicted octanol–water partition coefficient (Wildman–Crippen LogP) is 1.43. The number of hydrogen-bond acceptors (Lipinski definition) is 3. The van der Waals surface area contributed by atoms with Crippen molar-refractivity contribution in [3.05, 3.63) is 30.1 Å². The van der Waals surface area contributed by atoms with Gasteiger partial charge in [0.1, 0.15) is 18.7 Å². The second kappa shape index (κ2) is 6.13. The quantitative estimate of drug-likeness (QED) is 0.878. The first-order valence-electron chi connectivity index (χ1n) is 6.31. The maximum Gasteiger partial charge on any atom is 0.405 e. The van der Waals surface area contributed by atoms with Gasteiger partial charge in [-0.1, -0.05) is 0 Å². The molecule has 0 fully saturated rings. The number of fused-ring (bicyclic) bond motifs is 1. The van der Waals surface area contributed by atoms with E-state index in [0.29, 0.717) is 12.2 Å². The molecule has 2 heterocycles. The molecule has 0 aliphatic carbocycles. The highest BCUT2D eigenvalue weighted by Gasteiger charge is 2.27. The molecule has 21 heavy (non-hydrogen) atoms. The summed E-state index contributed by atoms with van der Waals surface area (Å²) in [5, 5.41) is 5.72. The molecule has 0 saturated carbocycles. The molecule has 1 amide bonds. The lowest BCUT2D eigenvalue weighted by Crippen LogP contribution is -2.35. The summed E-state index contributed by atoms with van der Waals surface area (Å²) in [5.74, 6) is -0.703. The fourth-order valence-electron chi connectivity index (χ4n) is 2.06. The molecule has 5 nitrogen and oxygen atoms in total. The van der Waals surface area contributed by atoms with Gasteiger partial charge in [-0.3, -0.25) is 4.79 Å². The predicted molar refractivity (Wildman–Crippen MR) is 71.6 cm³/mol. The largest absolute Gasteiger partial charge is 0.405 e. The van der Waals surface area contributed by atoms with Gasteiger partial charge in [-0.25, -0.2) is 4.98 Å². The molecule has 0 saturated heterocycles. The molecule has 0 unspecified atom stereocenters. The molecule has 8 heteroatoms. The zero-order valence-electron chi connectivity index (χ0n) is 11.4. The third-order valence-corrected chi connectivity index (χ3v) is 2.88. The summed E-state index contributed by atoms with van der Waals surface area (Å²) in [4.78, 5) is 15.8. The number of hydrogen-bond donors (Lipinski definition) is 2. The number of amides is 1. The van der Waals surface area contributed by atoms with Gasteiger partial charge in [0, 0.05) is 24.3 Å². The van der Waals surface area contributed by atoms with Crippen molar-refractivity contribution in [2.45, 2.75) is 19.3 Å². The number of aromatic nitrogens is 2. The lowest BCUT2D eigenvalue weighted by atomic mass is 10.2. The first kappa shape index (κ1) is 15.3. The molecule has 2 rings (SSSR count). The van der Waals surface area contributed by atoms with E-state index in [4.69, 9.17) is 0 Å². The van der Waals surface area contributed by atoms with Crippen LogP contribution in [0.5, 0.6) is 0 Å². The van der Waals surface area contributed by atoms with Crippen LogP contribution in [0.15, 0.2) is 24.5 Å². The second-order valence-corrected chi connectivity index (χ2v) is 4.58. The van der Waals surface area contributed by atoms with Gasteiger partial charge >= 0.3 is 6.18 Å². The number of carbonyl (C=O) groups is 1. The normalized spacial score (nSPS) is 11.8. The summed E-state index contributed by atoms with van der Waals surface area (Å²) in [5.41, 5.74) is 1.51. The van der Waals surface area contributed by atoms with Gasteiger partial charge in [-0.05, 0) is 24.7 Å². The van der Waals surface area contributed by atoms with Crippen LogP contribution in [0.3, 0.4) is 0 Å². The van der Waals surface area contributed by atoms with Crippen LogP contribution in [0.25, 0.3) is 11.0 Å². The standard InChI is InChI=1S/C13H15F3N4O/c1-17-5-9-6-20(12-10(9)3-2-4-18-12)7-11(21)19-8-13(14,15)16/h2-4,6,17H,5,7-8H2,1H3,(H,19,21). The number of nitrogens with one attached hydrogen (secondary N) is 2. The van der Waals surface area contributed by atoms with Crippen molar-refractivity contribution >= 4 is 16.9 Å². The second-order valence-electron chi connectivity index (χ2n) is 4.58. The van der Waals surface area contributed by atoms with Crippen LogP contribution in [-0.2, 0) is 17.9 Å². The Kier molecular flexibility index (Phi) is 4.46. The molecule has 2 aromatic rings. The Labute approximate surface area is 119 Å². The van der Waals surface area contributed by atoms with Crippen LogP contribution in [0, 0.1) is 0 Å². The highest BCUT2D eigenvalue weighted by atomic mass is 19.4. The Morgan fingerprint density at radius 2 is 2.19 bits per heavy atom. The summed E-state index contributed by atoms with van der Waals surface area (Å²) < 4.78 is 37.8. The van der Waals surface area contributed by atoms with E-state index >= 15 is 0 Å². The molecular weight excluding hydrogens is 285 g/mol. The van der Waals surface area contributed by atoms with Crippen molar-refractivity contribution in [1.29, 1.82) is 0 Å². The van der Waals surface area contributed by atoms with E-state index < -0.39 is 18.6 Å². The molecule has 0 radical (unpaired) electrons. The number of pyridine rings is 1. The minimum atomic E-state index is -4.41. The molecule has 2 aromatic heterocycles. The van der Waals surface area contributed by atoms with Crippen LogP contribution >= 0.6 is 0 Å². The van der Waals surface area contributed by atoms with E-state index in [1.165, 1.54) is 0 Å². The molecule has 0 aromatic carbocycles. The Hall–Kier alpha value is -2.09. The van der Waals surface area contributed by atoms with E-state index in [1.807, 2.05) is 11.4 Å². The van der Waals surface area contributed by atoms with Crippen molar-refractivity contribution in [2.24, 2.45) is 0 Å². The van der Waals surface area contributed by atoms with E-state index in [1.54, 1.807) is 30.1 Å². The van der Waals surface area contributed by atoms with E-state index in [-0.39, 0.29) is 6.54 Å². The molecule has 2 N–H and O–H groups in total. The smallest absolute Gasteiger partial charge is 0.345 e. The van der Waals surface area contributed by atoms with Crippen LogP contribution in [0.4, 0.5) is 13.2 Å². The zero-order chi connectivity index (χ0) is 15.5. The molecule has 0 spiro atoms. The first-order chi connectivity index (χ1) is 9.90. The summed E-state index contributed by atoms with van der Waals surface area (Å²) in [6.07, 6.45) is -1.11. The number of nitrogens with zero attached hydrogens (tertiary/aromatic N) is 2. The van der Waals surface area contributed by atoms with E-state index in [9.17, 15) is 18.0 Å². The first-order valence-corrected chi connectivity index (χ1v) is 6.31. The lowest BCUT2D eigenvalue weighted by Gasteiger charge is -2.09. The Bertz CT molecular complexity index is 636. The van der Waals surface area contributed by atoms with Crippen LogP contribution < -0.4 is 10.6 Å². The SMILES string of the molecule is CNCc1cn(CC(=O)NCC(F)(F)F)c2ncccc12. The third kappa shape index (κ3) is 3.94. The van der Waals surface area contributed by atoms with E-state index in [2.05, 4.69) is 10.3 Å². The summed E-state index contributed by atoms with van der Waals surface area (Å²) in [7, 11) is 1.79. The molecular formula is C13H15F3N4O.